The van der Waals surface area contributed by atoms with Gasteiger partial charge in [-0.2, -0.15) is 0 Å². The number of carboxylic acids is 1. The summed E-state index contributed by atoms with van der Waals surface area (Å²) >= 11 is 0. The Kier molecular flexibility index (Phi) is 7.16. The highest BCUT2D eigenvalue weighted by Gasteiger charge is 2.65. The third-order valence-electron chi connectivity index (χ3n) is 9.02. The van der Waals surface area contributed by atoms with Gasteiger partial charge in [-0.1, -0.05) is 62.4 Å². The lowest BCUT2D eigenvalue weighted by Crippen LogP contribution is -2.62. The van der Waals surface area contributed by atoms with E-state index in [9.17, 15) is 14.7 Å². The molecule has 2 aromatic carbocycles. The van der Waals surface area contributed by atoms with Crippen molar-refractivity contribution in [1.82, 2.24) is 4.90 Å². The van der Waals surface area contributed by atoms with Gasteiger partial charge in [0.15, 0.2) is 11.6 Å². The van der Waals surface area contributed by atoms with E-state index in [-0.39, 0.29) is 43.8 Å². The second kappa shape index (κ2) is 10.3. The van der Waals surface area contributed by atoms with Gasteiger partial charge < -0.3 is 28.8 Å². The summed E-state index contributed by atoms with van der Waals surface area (Å²) in [6.07, 6.45) is -0.707. The number of hydrogen-bond donors (Lipinski definition) is 1. The summed E-state index contributed by atoms with van der Waals surface area (Å²) in [6.45, 7) is 11.4. The second-order valence-electron chi connectivity index (χ2n) is 13.4. The molecule has 226 valence electrons. The smallest absolute Gasteiger partial charge is 0.410 e. The number of fused-ring (bicyclic) bond motifs is 6. The highest BCUT2D eigenvalue weighted by molar-refractivity contribution is 5.81. The Balaban J connectivity index is 1.30. The molecule has 1 N–H and O–H groups in total. The molecule has 0 unspecified atom stereocenters. The van der Waals surface area contributed by atoms with Crippen molar-refractivity contribution in [3.8, 4) is 11.1 Å². The van der Waals surface area contributed by atoms with E-state index in [0.717, 1.165) is 22.3 Å². The van der Waals surface area contributed by atoms with Crippen molar-refractivity contribution in [3.05, 3.63) is 59.7 Å². The number of benzene rings is 2. The van der Waals surface area contributed by atoms with E-state index in [1.165, 1.54) is 4.90 Å². The average Bonchev–Trinajstić information content (AvgIpc) is 3.51. The van der Waals surface area contributed by atoms with Crippen LogP contribution >= 0.6 is 0 Å². The summed E-state index contributed by atoms with van der Waals surface area (Å²) in [5.74, 6) is -4.00. The predicted octanol–water partition coefficient (Wildman–Crippen LogP) is 5.41. The minimum absolute atomic E-state index is 0.0767. The van der Waals surface area contributed by atoms with Crippen LogP contribution in [-0.2, 0) is 28.5 Å². The maximum atomic E-state index is 14.0. The largest absolute Gasteiger partial charge is 0.480 e. The van der Waals surface area contributed by atoms with Gasteiger partial charge in [-0.05, 0) is 62.3 Å². The summed E-state index contributed by atoms with van der Waals surface area (Å²) < 4.78 is 31.4. The summed E-state index contributed by atoms with van der Waals surface area (Å²) in [5, 5.41) is 10.3. The number of rotatable bonds is 7. The molecule has 3 saturated heterocycles. The van der Waals surface area contributed by atoms with E-state index in [1.54, 1.807) is 13.8 Å². The van der Waals surface area contributed by atoms with E-state index in [2.05, 4.69) is 24.3 Å². The van der Waals surface area contributed by atoms with Crippen LogP contribution in [0.5, 0.6) is 0 Å². The fraction of sp³-hybridized carbons (Fsp3) is 0.576. The van der Waals surface area contributed by atoms with Crippen LogP contribution < -0.4 is 0 Å². The molecule has 5 atom stereocenters. The van der Waals surface area contributed by atoms with Gasteiger partial charge in [-0.3, -0.25) is 4.90 Å². The first-order chi connectivity index (χ1) is 19.8. The minimum atomic E-state index is -1.28. The van der Waals surface area contributed by atoms with Crippen molar-refractivity contribution in [2.45, 2.75) is 89.3 Å². The molecular weight excluding hydrogens is 538 g/mol. The fourth-order valence-electron chi connectivity index (χ4n) is 7.49. The lowest BCUT2D eigenvalue weighted by Gasteiger charge is -2.46. The van der Waals surface area contributed by atoms with E-state index in [0.29, 0.717) is 6.42 Å². The van der Waals surface area contributed by atoms with E-state index in [1.807, 2.05) is 52.0 Å². The zero-order valence-electron chi connectivity index (χ0n) is 25.2. The van der Waals surface area contributed by atoms with Gasteiger partial charge in [0.05, 0.1) is 24.9 Å². The lowest BCUT2D eigenvalue weighted by atomic mass is 9.82. The number of hydrogen-bond acceptors (Lipinski definition) is 7. The van der Waals surface area contributed by atoms with Gasteiger partial charge >= 0.3 is 12.1 Å². The molecule has 0 bridgehead atoms. The first-order valence-electron chi connectivity index (χ1n) is 14.8. The molecule has 3 aliphatic heterocycles. The topological polar surface area (TPSA) is 104 Å². The Morgan fingerprint density at radius 1 is 1.00 bits per heavy atom. The third kappa shape index (κ3) is 5.00. The van der Waals surface area contributed by atoms with Crippen LogP contribution in [0.25, 0.3) is 11.1 Å². The summed E-state index contributed by atoms with van der Waals surface area (Å²) in [5.41, 5.74) is 3.82. The second-order valence-corrected chi connectivity index (χ2v) is 13.4. The third-order valence-corrected chi connectivity index (χ3v) is 9.02. The SMILES string of the molecule is CC(C)[C@@H](C(=O)O)N(C[C@@]12OC[C@H]3OC(C)(C)O[C@@H]3[C@H]1CC(C)(C)O2)C(=O)OCC1c2ccccc2-c2ccccc21. The van der Waals surface area contributed by atoms with Gasteiger partial charge in [0.2, 0.25) is 0 Å². The summed E-state index contributed by atoms with van der Waals surface area (Å²) in [6, 6.07) is 15.1. The molecular formula is C33H41NO8. The Bertz CT molecular complexity index is 1330. The van der Waals surface area contributed by atoms with Crippen LogP contribution in [0.2, 0.25) is 0 Å². The molecule has 9 nitrogen and oxygen atoms in total. The number of amides is 1. The highest BCUT2D eigenvalue weighted by Crippen LogP contribution is 2.53. The van der Waals surface area contributed by atoms with Gasteiger partial charge in [-0.25, -0.2) is 9.59 Å². The molecule has 0 radical (unpaired) electrons. The molecule has 6 rings (SSSR count). The van der Waals surface area contributed by atoms with Crippen molar-refractivity contribution >= 4 is 12.1 Å². The van der Waals surface area contributed by atoms with Gasteiger partial charge in [-0.15, -0.1) is 0 Å². The Morgan fingerprint density at radius 3 is 2.21 bits per heavy atom. The zero-order valence-corrected chi connectivity index (χ0v) is 25.2. The van der Waals surface area contributed by atoms with Gasteiger partial charge in [0.25, 0.3) is 0 Å². The van der Waals surface area contributed by atoms with Crippen LogP contribution in [0.15, 0.2) is 48.5 Å². The summed E-state index contributed by atoms with van der Waals surface area (Å²) in [7, 11) is 0. The Morgan fingerprint density at radius 2 is 1.62 bits per heavy atom. The van der Waals surface area contributed by atoms with Crippen LogP contribution in [0.3, 0.4) is 0 Å². The molecule has 9 heteroatoms. The lowest BCUT2D eigenvalue weighted by molar-refractivity contribution is -0.300. The quantitative estimate of drug-likeness (QED) is 0.465. The van der Waals surface area contributed by atoms with Crippen molar-refractivity contribution in [3.63, 3.8) is 0 Å². The molecule has 42 heavy (non-hydrogen) atoms. The van der Waals surface area contributed by atoms with Gasteiger partial charge in [0.1, 0.15) is 18.8 Å². The molecule has 3 fully saturated rings. The maximum Gasteiger partial charge on any atom is 0.410 e. The first-order valence-corrected chi connectivity index (χ1v) is 14.8. The summed E-state index contributed by atoms with van der Waals surface area (Å²) in [4.78, 5) is 27.9. The van der Waals surface area contributed by atoms with E-state index < -0.39 is 41.2 Å². The Labute approximate surface area is 247 Å². The fourth-order valence-corrected chi connectivity index (χ4v) is 7.49. The molecule has 0 saturated carbocycles. The zero-order chi connectivity index (χ0) is 30.0. The monoisotopic (exact) mass is 579 g/mol. The van der Waals surface area contributed by atoms with Crippen LogP contribution in [0.4, 0.5) is 4.79 Å². The van der Waals surface area contributed by atoms with Gasteiger partial charge in [0, 0.05) is 11.8 Å². The molecule has 0 spiro atoms. The van der Waals surface area contributed by atoms with Crippen molar-refractivity contribution in [1.29, 1.82) is 0 Å². The van der Waals surface area contributed by atoms with E-state index >= 15 is 0 Å². The molecule has 4 aliphatic rings. The number of carbonyl (C=O) groups excluding carboxylic acids is 1. The number of carbonyl (C=O) groups is 2. The molecule has 0 aromatic heterocycles. The number of carboxylic acid groups (broad SMARTS) is 1. The molecule has 1 aliphatic carbocycles. The Hall–Kier alpha value is -2.98. The van der Waals surface area contributed by atoms with Crippen molar-refractivity contribution in [2.75, 3.05) is 19.8 Å². The van der Waals surface area contributed by atoms with Crippen molar-refractivity contribution in [2.24, 2.45) is 11.8 Å². The van der Waals surface area contributed by atoms with Crippen LogP contribution in [0, 0.1) is 11.8 Å². The number of ether oxygens (including phenoxy) is 5. The number of nitrogens with zero attached hydrogens (tertiary/aromatic N) is 1. The number of aliphatic carboxylic acids is 1. The average molecular weight is 580 g/mol. The molecule has 2 aromatic rings. The van der Waals surface area contributed by atoms with Crippen molar-refractivity contribution < 1.29 is 38.4 Å². The maximum absolute atomic E-state index is 14.0. The predicted molar refractivity (Wildman–Crippen MR) is 154 cm³/mol. The standard InChI is InChI=1S/C33H41NO8/c1-19(2)27(29(35)36)34(18-33-25(15-31(3,4)42-33)28-26(17-39-33)40-32(5,6)41-28)30(37)38-16-24-22-13-9-7-11-20(22)21-12-8-10-14-23(21)24/h7-14,19,24-28H,15-18H2,1-6H3,(H,35,36)/t25-,26-,27+,28-,33+/m1/s1. The highest BCUT2D eigenvalue weighted by atomic mass is 16.8. The van der Waals surface area contributed by atoms with Crippen LogP contribution in [0.1, 0.15) is 65.0 Å². The molecule has 1 amide bonds. The normalized spacial score (nSPS) is 29.4. The van der Waals surface area contributed by atoms with E-state index in [4.69, 9.17) is 23.7 Å². The first kappa shape index (κ1) is 29.1. The minimum Gasteiger partial charge on any atom is -0.480 e. The molecule has 3 heterocycles. The van der Waals surface area contributed by atoms with Crippen LogP contribution in [-0.4, -0.2) is 77.3 Å².